The van der Waals surface area contributed by atoms with Gasteiger partial charge in [-0.3, -0.25) is 4.79 Å². The van der Waals surface area contributed by atoms with E-state index in [2.05, 4.69) is 10.1 Å². The largest absolute Gasteiger partial charge is 0.493 e. The summed E-state index contributed by atoms with van der Waals surface area (Å²) < 4.78 is 15.9. The van der Waals surface area contributed by atoms with Gasteiger partial charge >= 0.3 is 0 Å². The van der Waals surface area contributed by atoms with Crippen LogP contribution >= 0.6 is 0 Å². The Bertz CT molecular complexity index is 622. The van der Waals surface area contributed by atoms with Crippen molar-refractivity contribution in [1.82, 2.24) is 10.1 Å². The molecule has 0 atom stereocenters. The summed E-state index contributed by atoms with van der Waals surface area (Å²) in [6.45, 7) is 3.71. The van der Waals surface area contributed by atoms with Crippen molar-refractivity contribution >= 4 is 5.78 Å². The molecule has 0 aliphatic carbocycles. The maximum absolute atomic E-state index is 11.3. The molecule has 0 saturated heterocycles. The van der Waals surface area contributed by atoms with Crippen LogP contribution in [-0.4, -0.2) is 23.0 Å². The average Bonchev–Trinajstić information content (AvgIpc) is 2.93. The van der Waals surface area contributed by atoms with Gasteiger partial charge in [0.15, 0.2) is 29.7 Å². The lowest BCUT2D eigenvalue weighted by molar-refractivity contribution is 0.101. The van der Waals surface area contributed by atoms with Crippen LogP contribution in [0.3, 0.4) is 0 Å². The van der Waals surface area contributed by atoms with E-state index in [1.54, 1.807) is 18.2 Å². The lowest BCUT2D eigenvalue weighted by Gasteiger charge is -2.09. The van der Waals surface area contributed by atoms with E-state index in [1.807, 2.05) is 6.92 Å². The number of Topliss-reactive ketones (excluding diaryl/α,β-unsaturated/α-hetero) is 1. The molecular weight excluding hydrogens is 272 g/mol. The molecule has 1 aromatic carbocycles. The summed E-state index contributed by atoms with van der Waals surface area (Å²) in [6, 6.07) is 5.03. The zero-order valence-electron chi connectivity index (χ0n) is 12.4. The van der Waals surface area contributed by atoms with Gasteiger partial charge in [-0.15, -0.1) is 0 Å². The Hall–Kier alpha value is -2.37. The Kier molecular flexibility index (Phi) is 4.92. The normalized spacial score (nSPS) is 10.4. The minimum Gasteiger partial charge on any atom is -0.493 e. The molecule has 2 aromatic rings. The number of hydrogen-bond donors (Lipinski definition) is 0. The lowest BCUT2D eigenvalue weighted by atomic mass is 10.1. The van der Waals surface area contributed by atoms with Gasteiger partial charge in [0, 0.05) is 12.0 Å². The van der Waals surface area contributed by atoms with Crippen molar-refractivity contribution in [2.24, 2.45) is 0 Å². The van der Waals surface area contributed by atoms with Crippen LogP contribution in [0.1, 0.15) is 42.3 Å². The van der Waals surface area contributed by atoms with Gasteiger partial charge in [-0.25, -0.2) is 0 Å². The monoisotopic (exact) mass is 290 g/mol. The number of methoxy groups -OCH3 is 1. The third kappa shape index (κ3) is 3.81. The van der Waals surface area contributed by atoms with E-state index >= 15 is 0 Å². The standard InChI is InChI=1S/C15H18N2O4/c1-4-5-14-16-15(21-17-14)9-20-12-7-6-11(10(2)18)8-13(12)19-3/h6-8H,4-5,9H2,1-3H3. The highest BCUT2D eigenvalue weighted by molar-refractivity contribution is 5.94. The Labute approximate surface area is 123 Å². The minimum atomic E-state index is -0.0269. The van der Waals surface area contributed by atoms with Crippen molar-refractivity contribution < 1.29 is 18.8 Å². The van der Waals surface area contributed by atoms with Gasteiger partial charge in [-0.1, -0.05) is 12.1 Å². The topological polar surface area (TPSA) is 74.5 Å². The molecule has 0 unspecified atom stereocenters. The van der Waals surface area contributed by atoms with Crippen LogP contribution < -0.4 is 9.47 Å². The molecule has 6 heteroatoms. The van der Waals surface area contributed by atoms with Crippen molar-refractivity contribution in [1.29, 1.82) is 0 Å². The SMILES string of the molecule is CCCc1noc(COc2ccc(C(C)=O)cc2OC)n1. The van der Waals surface area contributed by atoms with Crippen LogP contribution in [0.5, 0.6) is 11.5 Å². The van der Waals surface area contributed by atoms with Gasteiger partial charge in [0.2, 0.25) is 0 Å². The highest BCUT2D eigenvalue weighted by Gasteiger charge is 2.11. The number of carbonyl (C=O) groups is 1. The first-order valence-electron chi connectivity index (χ1n) is 6.77. The molecule has 0 aliphatic rings. The second kappa shape index (κ2) is 6.88. The number of ether oxygens (including phenoxy) is 2. The molecule has 0 radical (unpaired) electrons. The van der Waals surface area contributed by atoms with Gasteiger partial charge < -0.3 is 14.0 Å². The average molecular weight is 290 g/mol. The van der Waals surface area contributed by atoms with Crippen molar-refractivity contribution in [2.45, 2.75) is 33.3 Å². The Morgan fingerprint density at radius 2 is 2.14 bits per heavy atom. The third-order valence-electron chi connectivity index (χ3n) is 2.91. The van der Waals surface area contributed by atoms with Gasteiger partial charge in [0.05, 0.1) is 7.11 Å². The molecule has 2 rings (SSSR count). The first kappa shape index (κ1) is 15.0. The van der Waals surface area contributed by atoms with Crippen molar-refractivity contribution in [2.75, 3.05) is 7.11 Å². The summed E-state index contributed by atoms with van der Waals surface area (Å²) in [7, 11) is 1.53. The number of carbonyl (C=O) groups excluding carboxylic acids is 1. The Morgan fingerprint density at radius 3 is 2.81 bits per heavy atom. The van der Waals surface area contributed by atoms with Crippen LogP contribution in [0.4, 0.5) is 0 Å². The predicted molar refractivity (Wildman–Crippen MR) is 75.6 cm³/mol. The summed E-state index contributed by atoms with van der Waals surface area (Å²) in [4.78, 5) is 15.6. The Morgan fingerprint density at radius 1 is 1.33 bits per heavy atom. The molecule has 0 fully saturated rings. The van der Waals surface area contributed by atoms with E-state index in [-0.39, 0.29) is 12.4 Å². The van der Waals surface area contributed by atoms with E-state index in [0.717, 1.165) is 12.8 Å². The number of nitrogens with zero attached hydrogens (tertiary/aromatic N) is 2. The Balaban J connectivity index is 2.06. The molecule has 112 valence electrons. The number of hydrogen-bond acceptors (Lipinski definition) is 6. The van der Waals surface area contributed by atoms with Crippen LogP contribution in [-0.2, 0) is 13.0 Å². The zero-order valence-corrected chi connectivity index (χ0v) is 12.4. The molecule has 21 heavy (non-hydrogen) atoms. The molecule has 0 aliphatic heterocycles. The highest BCUT2D eigenvalue weighted by Crippen LogP contribution is 2.28. The molecular formula is C15H18N2O4. The van der Waals surface area contributed by atoms with E-state index in [4.69, 9.17) is 14.0 Å². The van der Waals surface area contributed by atoms with E-state index in [1.165, 1.54) is 14.0 Å². The number of aromatic nitrogens is 2. The molecule has 0 spiro atoms. The van der Waals surface area contributed by atoms with Crippen LogP contribution in [0.2, 0.25) is 0 Å². The molecule has 0 N–H and O–H groups in total. The van der Waals surface area contributed by atoms with Crippen LogP contribution in [0.15, 0.2) is 22.7 Å². The second-order valence-corrected chi connectivity index (χ2v) is 4.56. The van der Waals surface area contributed by atoms with Crippen molar-refractivity contribution in [3.05, 3.63) is 35.5 Å². The molecule has 6 nitrogen and oxygen atoms in total. The van der Waals surface area contributed by atoms with E-state index in [0.29, 0.717) is 28.8 Å². The summed E-state index contributed by atoms with van der Waals surface area (Å²) in [5.41, 5.74) is 0.572. The number of aryl methyl sites for hydroxylation is 1. The van der Waals surface area contributed by atoms with E-state index in [9.17, 15) is 4.79 Å². The fourth-order valence-electron chi connectivity index (χ4n) is 1.82. The second-order valence-electron chi connectivity index (χ2n) is 4.56. The molecule has 0 amide bonds. The third-order valence-corrected chi connectivity index (χ3v) is 2.91. The van der Waals surface area contributed by atoms with Crippen LogP contribution in [0.25, 0.3) is 0 Å². The molecule has 0 bridgehead atoms. The first-order valence-corrected chi connectivity index (χ1v) is 6.77. The molecule has 1 heterocycles. The fraction of sp³-hybridized carbons (Fsp3) is 0.400. The summed E-state index contributed by atoms with van der Waals surface area (Å²) >= 11 is 0. The minimum absolute atomic E-state index is 0.0269. The van der Waals surface area contributed by atoms with Crippen molar-refractivity contribution in [3.63, 3.8) is 0 Å². The highest BCUT2D eigenvalue weighted by atomic mass is 16.5. The van der Waals surface area contributed by atoms with Gasteiger partial charge in [-0.2, -0.15) is 4.98 Å². The van der Waals surface area contributed by atoms with Crippen molar-refractivity contribution in [3.8, 4) is 11.5 Å². The number of ketones is 1. The molecule has 1 aromatic heterocycles. The smallest absolute Gasteiger partial charge is 0.264 e. The quantitative estimate of drug-likeness (QED) is 0.730. The fourth-order valence-corrected chi connectivity index (χ4v) is 1.82. The van der Waals surface area contributed by atoms with E-state index < -0.39 is 0 Å². The van der Waals surface area contributed by atoms with Gasteiger partial charge in [0.1, 0.15) is 0 Å². The zero-order chi connectivity index (χ0) is 15.2. The number of rotatable bonds is 7. The van der Waals surface area contributed by atoms with Gasteiger partial charge in [-0.05, 0) is 31.5 Å². The summed E-state index contributed by atoms with van der Waals surface area (Å²) in [5, 5.41) is 3.86. The predicted octanol–water partition coefficient (Wildman–Crippen LogP) is 2.81. The molecule has 0 saturated carbocycles. The number of benzene rings is 1. The maximum Gasteiger partial charge on any atom is 0.264 e. The van der Waals surface area contributed by atoms with Crippen LogP contribution in [0, 0.1) is 0 Å². The summed E-state index contributed by atoms with van der Waals surface area (Å²) in [6.07, 6.45) is 1.74. The lowest BCUT2D eigenvalue weighted by Crippen LogP contribution is -2.00. The van der Waals surface area contributed by atoms with Gasteiger partial charge in [0.25, 0.3) is 5.89 Å². The maximum atomic E-state index is 11.3. The summed E-state index contributed by atoms with van der Waals surface area (Å²) in [5.74, 6) is 2.08. The first-order chi connectivity index (χ1) is 10.1.